The van der Waals surface area contributed by atoms with Crippen LogP contribution < -0.4 is 21.7 Å². The average Bonchev–Trinajstić information content (AvgIpc) is 2.76. The number of carbonyl (C=O) groups excluding carboxylic acids is 2. The number of benzene rings is 1. The Bertz CT molecular complexity index is 1050. The van der Waals surface area contributed by atoms with Crippen LogP contribution in [0.2, 0.25) is 5.02 Å². The molecule has 0 aliphatic heterocycles. The van der Waals surface area contributed by atoms with Gasteiger partial charge in [0.2, 0.25) is 0 Å². The molecule has 1 aromatic carbocycles. The van der Waals surface area contributed by atoms with Crippen LogP contribution in [-0.4, -0.2) is 34.7 Å². The SMILES string of the molecule is CC(C)(C)OC(=O)N[C@H]1CCCCC1Nc1nc(N)c(C(=O)NC(C)(C)c2ccccc2)cc1Cl. The summed E-state index contributed by atoms with van der Waals surface area (Å²) in [5, 5.41) is 9.57. The molecule has 5 N–H and O–H groups in total. The first kappa shape index (κ1) is 26.6. The van der Waals surface area contributed by atoms with Gasteiger partial charge in [0.1, 0.15) is 17.2 Å². The predicted octanol–water partition coefficient (Wildman–Crippen LogP) is 5.23. The first-order valence-corrected chi connectivity index (χ1v) is 12.3. The molecule has 2 atom stereocenters. The van der Waals surface area contributed by atoms with Crippen LogP contribution in [0.25, 0.3) is 0 Å². The number of carbonyl (C=O) groups is 2. The van der Waals surface area contributed by atoms with E-state index in [4.69, 9.17) is 22.1 Å². The number of rotatable bonds is 6. The highest BCUT2D eigenvalue weighted by Crippen LogP contribution is 2.29. The summed E-state index contributed by atoms with van der Waals surface area (Å²) >= 11 is 6.52. The van der Waals surface area contributed by atoms with E-state index in [1.165, 1.54) is 6.07 Å². The third-order valence-corrected chi connectivity index (χ3v) is 6.25. The third-order valence-electron chi connectivity index (χ3n) is 5.96. The minimum Gasteiger partial charge on any atom is -0.444 e. The number of amides is 2. The molecule has 1 heterocycles. The van der Waals surface area contributed by atoms with Gasteiger partial charge in [-0.25, -0.2) is 9.78 Å². The molecule has 2 aromatic rings. The Kier molecular flexibility index (Phi) is 8.15. The molecule has 1 unspecified atom stereocenters. The molecule has 1 fully saturated rings. The summed E-state index contributed by atoms with van der Waals surface area (Å²) in [5.41, 5.74) is 6.16. The van der Waals surface area contributed by atoms with Crippen LogP contribution in [0.15, 0.2) is 36.4 Å². The normalized spacial score (nSPS) is 18.5. The van der Waals surface area contributed by atoms with E-state index in [1.807, 2.05) is 65.0 Å². The Morgan fingerprint density at radius 2 is 1.69 bits per heavy atom. The molecule has 0 spiro atoms. The zero-order valence-corrected chi connectivity index (χ0v) is 21.8. The van der Waals surface area contributed by atoms with Gasteiger partial charge in [-0.2, -0.15) is 0 Å². The van der Waals surface area contributed by atoms with Crippen LogP contribution in [0.4, 0.5) is 16.4 Å². The van der Waals surface area contributed by atoms with Gasteiger partial charge >= 0.3 is 6.09 Å². The Hall–Kier alpha value is -3.00. The van der Waals surface area contributed by atoms with Crippen molar-refractivity contribution in [3.05, 3.63) is 52.5 Å². The van der Waals surface area contributed by atoms with Crippen molar-refractivity contribution in [1.29, 1.82) is 0 Å². The second-order valence-corrected chi connectivity index (χ2v) is 10.9. The summed E-state index contributed by atoms with van der Waals surface area (Å²) in [7, 11) is 0. The standard InChI is InChI=1S/C26H36ClN5O3/c1-25(2,3)35-24(34)30-20-14-10-9-13-19(20)29-22-18(27)15-17(21(28)31-22)23(33)32-26(4,5)16-11-7-6-8-12-16/h6-8,11-12,15,19-20H,9-10,13-14H2,1-5H3,(H,30,34)(H,32,33)(H3,28,29,31)/t19?,20-/m0/s1. The van der Waals surface area contributed by atoms with E-state index in [9.17, 15) is 9.59 Å². The van der Waals surface area contributed by atoms with Crippen molar-refractivity contribution < 1.29 is 14.3 Å². The molecule has 1 aliphatic carbocycles. The summed E-state index contributed by atoms with van der Waals surface area (Å²) in [6, 6.07) is 11.0. The number of pyridine rings is 1. The van der Waals surface area contributed by atoms with E-state index in [0.717, 1.165) is 31.2 Å². The fourth-order valence-corrected chi connectivity index (χ4v) is 4.38. The van der Waals surface area contributed by atoms with Crippen molar-refractivity contribution in [3.63, 3.8) is 0 Å². The van der Waals surface area contributed by atoms with Gasteiger partial charge in [-0.1, -0.05) is 54.8 Å². The zero-order chi connectivity index (χ0) is 25.8. The monoisotopic (exact) mass is 501 g/mol. The third kappa shape index (κ3) is 7.24. The van der Waals surface area contributed by atoms with Crippen molar-refractivity contribution in [3.8, 4) is 0 Å². The number of nitrogen functional groups attached to an aromatic ring is 1. The van der Waals surface area contributed by atoms with Crippen molar-refractivity contribution in [2.24, 2.45) is 0 Å². The fourth-order valence-electron chi connectivity index (χ4n) is 4.18. The summed E-state index contributed by atoms with van der Waals surface area (Å²) in [6.45, 7) is 9.32. The molecule has 1 aromatic heterocycles. The Morgan fingerprint density at radius 3 is 2.31 bits per heavy atom. The lowest BCUT2D eigenvalue weighted by molar-refractivity contribution is 0.0488. The van der Waals surface area contributed by atoms with Crippen LogP contribution in [-0.2, 0) is 10.3 Å². The number of hydrogen-bond acceptors (Lipinski definition) is 6. The average molecular weight is 502 g/mol. The smallest absolute Gasteiger partial charge is 0.407 e. The highest BCUT2D eigenvalue weighted by atomic mass is 35.5. The number of aromatic nitrogens is 1. The van der Waals surface area contributed by atoms with Crippen LogP contribution in [0.3, 0.4) is 0 Å². The van der Waals surface area contributed by atoms with Gasteiger partial charge in [-0.05, 0) is 59.1 Å². The number of hydrogen-bond donors (Lipinski definition) is 4. The lowest BCUT2D eigenvalue weighted by atomic mass is 9.90. The van der Waals surface area contributed by atoms with Crippen molar-refractivity contribution in [2.75, 3.05) is 11.1 Å². The van der Waals surface area contributed by atoms with Gasteiger partial charge in [-0.15, -0.1) is 0 Å². The second kappa shape index (κ2) is 10.7. The number of nitrogens with one attached hydrogen (secondary N) is 3. The Labute approximate surface area is 212 Å². The minimum atomic E-state index is -0.614. The molecule has 0 bridgehead atoms. The van der Waals surface area contributed by atoms with E-state index in [1.54, 1.807) is 0 Å². The van der Waals surface area contributed by atoms with Crippen molar-refractivity contribution in [2.45, 2.75) is 83.5 Å². The second-order valence-electron chi connectivity index (χ2n) is 10.5. The molecule has 3 rings (SSSR count). The molecule has 190 valence electrons. The molecule has 9 heteroatoms. The van der Waals surface area contributed by atoms with E-state index in [0.29, 0.717) is 5.82 Å². The van der Waals surface area contributed by atoms with Gasteiger partial charge in [0.05, 0.1) is 22.2 Å². The molecule has 8 nitrogen and oxygen atoms in total. The Balaban J connectivity index is 1.73. The number of ether oxygens (including phenoxy) is 1. The maximum absolute atomic E-state index is 13.0. The molecule has 2 amide bonds. The first-order valence-electron chi connectivity index (χ1n) is 12.0. The lowest BCUT2D eigenvalue weighted by Crippen LogP contribution is -2.50. The zero-order valence-electron chi connectivity index (χ0n) is 21.1. The summed E-state index contributed by atoms with van der Waals surface area (Å²) in [6.07, 6.45) is 3.18. The van der Waals surface area contributed by atoms with Crippen LogP contribution in [0.1, 0.15) is 76.2 Å². The van der Waals surface area contributed by atoms with Gasteiger partial charge < -0.3 is 26.4 Å². The molecular weight excluding hydrogens is 466 g/mol. The highest BCUT2D eigenvalue weighted by Gasteiger charge is 2.30. The van der Waals surface area contributed by atoms with E-state index >= 15 is 0 Å². The predicted molar refractivity (Wildman–Crippen MR) is 140 cm³/mol. The Morgan fingerprint density at radius 1 is 1.06 bits per heavy atom. The molecule has 1 aliphatic rings. The van der Waals surface area contributed by atoms with E-state index < -0.39 is 17.2 Å². The van der Waals surface area contributed by atoms with Crippen molar-refractivity contribution in [1.82, 2.24) is 15.6 Å². The summed E-state index contributed by atoms with van der Waals surface area (Å²) in [4.78, 5) is 29.7. The van der Waals surface area contributed by atoms with Gasteiger partial charge in [0.25, 0.3) is 5.91 Å². The van der Waals surface area contributed by atoms with E-state index in [2.05, 4.69) is 20.9 Å². The molecule has 0 radical (unpaired) electrons. The number of alkyl carbamates (subject to hydrolysis) is 1. The molecular formula is C26H36ClN5O3. The topological polar surface area (TPSA) is 118 Å². The minimum absolute atomic E-state index is 0.0747. The number of nitrogens with two attached hydrogens (primary N) is 1. The molecule has 35 heavy (non-hydrogen) atoms. The van der Waals surface area contributed by atoms with Gasteiger partial charge in [0.15, 0.2) is 0 Å². The number of nitrogens with zero attached hydrogens (tertiary/aromatic N) is 1. The largest absolute Gasteiger partial charge is 0.444 e. The molecule has 1 saturated carbocycles. The summed E-state index contributed by atoms with van der Waals surface area (Å²) in [5.74, 6) is 0.0936. The van der Waals surface area contributed by atoms with Crippen LogP contribution in [0, 0.1) is 0 Å². The lowest BCUT2D eigenvalue weighted by Gasteiger charge is -2.34. The fraction of sp³-hybridized carbons (Fsp3) is 0.500. The quantitative estimate of drug-likeness (QED) is 0.430. The van der Waals surface area contributed by atoms with Crippen LogP contribution in [0.5, 0.6) is 0 Å². The molecule has 0 saturated heterocycles. The maximum atomic E-state index is 13.0. The summed E-state index contributed by atoms with van der Waals surface area (Å²) < 4.78 is 5.41. The van der Waals surface area contributed by atoms with Crippen molar-refractivity contribution >= 4 is 35.2 Å². The van der Waals surface area contributed by atoms with Crippen LogP contribution >= 0.6 is 11.6 Å². The number of halogens is 1. The maximum Gasteiger partial charge on any atom is 0.407 e. The van der Waals surface area contributed by atoms with Gasteiger partial charge in [-0.3, -0.25) is 4.79 Å². The van der Waals surface area contributed by atoms with Gasteiger partial charge in [0, 0.05) is 6.04 Å². The first-order chi connectivity index (χ1) is 16.4. The number of anilines is 2. The van der Waals surface area contributed by atoms with E-state index in [-0.39, 0.29) is 34.4 Å². The highest BCUT2D eigenvalue weighted by molar-refractivity contribution is 6.33.